The molecule has 1 aliphatic rings. The molecule has 3 rings (SSSR count). The Hall–Kier alpha value is -1.33. The molecule has 4 nitrogen and oxygen atoms in total. The van der Waals surface area contributed by atoms with Crippen molar-refractivity contribution in [2.75, 3.05) is 13.6 Å². The van der Waals surface area contributed by atoms with Crippen LogP contribution in [0.3, 0.4) is 0 Å². The van der Waals surface area contributed by atoms with Crippen LogP contribution in [-0.4, -0.2) is 28.5 Å². The number of hydrogen-bond donors (Lipinski definition) is 1. The number of nitrogens with one attached hydrogen (secondary N) is 1. The molecular formula is C15H20N4S. The Morgan fingerprint density at radius 3 is 3.05 bits per heavy atom. The molecule has 0 spiro atoms. The molecule has 2 aromatic rings. The van der Waals surface area contributed by atoms with Crippen LogP contribution in [0.2, 0.25) is 0 Å². The number of aryl methyl sites for hydroxylation is 2. The highest BCUT2D eigenvalue weighted by molar-refractivity contribution is 7.09. The van der Waals surface area contributed by atoms with E-state index in [-0.39, 0.29) is 0 Å². The van der Waals surface area contributed by atoms with Crippen LogP contribution in [-0.2, 0) is 19.3 Å². The minimum absolute atomic E-state index is 0.726. The minimum atomic E-state index is 0.726. The zero-order valence-corrected chi connectivity index (χ0v) is 12.8. The molecule has 0 fully saturated rings. The summed E-state index contributed by atoms with van der Waals surface area (Å²) in [7, 11) is 2.02. The highest BCUT2D eigenvalue weighted by Gasteiger charge is 2.20. The first kappa shape index (κ1) is 13.6. The highest BCUT2D eigenvalue weighted by atomic mass is 32.1. The second kappa shape index (κ2) is 5.97. The van der Waals surface area contributed by atoms with Crippen molar-refractivity contribution in [3.05, 3.63) is 39.4 Å². The average Bonchev–Trinajstić information content (AvgIpc) is 2.85. The first-order valence-corrected chi connectivity index (χ1v) is 8.02. The van der Waals surface area contributed by atoms with Crippen molar-refractivity contribution in [1.82, 2.24) is 20.3 Å². The third-order valence-electron chi connectivity index (χ3n) is 3.77. The summed E-state index contributed by atoms with van der Waals surface area (Å²) >= 11 is 1.69. The van der Waals surface area contributed by atoms with Gasteiger partial charge in [0.25, 0.3) is 0 Å². The number of fused-ring (bicyclic) bond motifs is 1. The topological polar surface area (TPSA) is 50.7 Å². The van der Waals surface area contributed by atoms with Gasteiger partial charge in [0.05, 0.1) is 6.42 Å². The number of aromatic nitrogens is 3. The summed E-state index contributed by atoms with van der Waals surface area (Å²) in [5, 5.41) is 6.45. The SMILES string of the molecule is CNCC1CCc2nc(Cc3nc(C)cs3)ncc2C1. The Balaban J connectivity index is 1.73. The van der Waals surface area contributed by atoms with E-state index in [9.17, 15) is 0 Å². The molecule has 0 amide bonds. The van der Waals surface area contributed by atoms with Crippen LogP contribution >= 0.6 is 11.3 Å². The van der Waals surface area contributed by atoms with Crippen molar-refractivity contribution in [3.63, 3.8) is 0 Å². The summed E-state index contributed by atoms with van der Waals surface area (Å²) in [5.74, 6) is 1.63. The fourth-order valence-electron chi connectivity index (χ4n) is 2.79. The quantitative estimate of drug-likeness (QED) is 0.936. The van der Waals surface area contributed by atoms with Crippen molar-refractivity contribution >= 4 is 11.3 Å². The first-order valence-electron chi connectivity index (χ1n) is 7.14. The van der Waals surface area contributed by atoms with Gasteiger partial charge in [-0.25, -0.2) is 15.0 Å². The van der Waals surface area contributed by atoms with E-state index in [1.807, 2.05) is 20.2 Å². The monoisotopic (exact) mass is 288 g/mol. The van der Waals surface area contributed by atoms with Gasteiger partial charge in [-0.3, -0.25) is 0 Å². The predicted octanol–water partition coefficient (Wildman–Crippen LogP) is 2.16. The van der Waals surface area contributed by atoms with Crippen LogP contribution in [0.1, 0.15) is 34.2 Å². The summed E-state index contributed by atoms with van der Waals surface area (Å²) in [6, 6.07) is 0. The fourth-order valence-corrected chi connectivity index (χ4v) is 3.56. The van der Waals surface area contributed by atoms with Crippen molar-refractivity contribution in [3.8, 4) is 0 Å². The molecule has 5 heteroatoms. The second-order valence-corrected chi connectivity index (χ2v) is 6.43. The van der Waals surface area contributed by atoms with Crippen LogP contribution in [0.15, 0.2) is 11.6 Å². The van der Waals surface area contributed by atoms with Gasteiger partial charge in [-0.05, 0) is 51.3 Å². The predicted molar refractivity (Wildman–Crippen MR) is 81.1 cm³/mol. The summed E-state index contributed by atoms with van der Waals surface area (Å²) in [6.45, 7) is 3.11. The highest BCUT2D eigenvalue weighted by Crippen LogP contribution is 2.24. The van der Waals surface area contributed by atoms with Crippen LogP contribution in [0, 0.1) is 12.8 Å². The summed E-state index contributed by atoms with van der Waals surface area (Å²) in [6.07, 6.45) is 6.19. The van der Waals surface area contributed by atoms with E-state index < -0.39 is 0 Å². The molecule has 2 aromatic heterocycles. The number of nitrogens with zero attached hydrogens (tertiary/aromatic N) is 3. The van der Waals surface area contributed by atoms with E-state index in [1.165, 1.54) is 17.7 Å². The van der Waals surface area contributed by atoms with Crippen molar-refractivity contribution < 1.29 is 0 Å². The second-order valence-electron chi connectivity index (χ2n) is 5.48. The fraction of sp³-hybridized carbons (Fsp3) is 0.533. The van der Waals surface area contributed by atoms with Gasteiger partial charge in [-0.1, -0.05) is 0 Å². The van der Waals surface area contributed by atoms with Gasteiger partial charge in [0.2, 0.25) is 0 Å². The van der Waals surface area contributed by atoms with Gasteiger partial charge in [0.15, 0.2) is 0 Å². The van der Waals surface area contributed by atoms with Gasteiger partial charge in [0.1, 0.15) is 10.8 Å². The Morgan fingerprint density at radius 2 is 2.30 bits per heavy atom. The smallest absolute Gasteiger partial charge is 0.135 e. The van der Waals surface area contributed by atoms with E-state index >= 15 is 0 Å². The Bertz CT molecular complexity index is 593. The molecule has 0 radical (unpaired) electrons. The Morgan fingerprint density at radius 1 is 1.40 bits per heavy atom. The van der Waals surface area contributed by atoms with Gasteiger partial charge in [0, 0.05) is 23.0 Å². The molecule has 0 aromatic carbocycles. The minimum Gasteiger partial charge on any atom is -0.319 e. The lowest BCUT2D eigenvalue weighted by atomic mass is 9.87. The normalized spacial score (nSPS) is 18.0. The van der Waals surface area contributed by atoms with Crippen molar-refractivity contribution in [2.24, 2.45) is 5.92 Å². The van der Waals surface area contributed by atoms with Crippen LogP contribution in [0.5, 0.6) is 0 Å². The van der Waals surface area contributed by atoms with Gasteiger partial charge in [-0.2, -0.15) is 0 Å². The van der Waals surface area contributed by atoms with Crippen LogP contribution < -0.4 is 5.32 Å². The summed E-state index contributed by atoms with van der Waals surface area (Å²) < 4.78 is 0. The molecule has 106 valence electrons. The van der Waals surface area contributed by atoms with Gasteiger partial charge >= 0.3 is 0 Å². The maximum atomic E-state index is 4.75. The lowest BCUT2D eigenvalue weighted by Gasteiger charge is -2.23. The molecule has 1 atom stereocenters. The van der Waals surface area contributed by atoms with Crippen LogP contribution in [0.25, 0.3) is 0 Å². The van der Waals surface area contributed by atoms with Gasteiger partial charge < -0.3 is 5.32 Å². The van der Waals surface area contributed by atoms with Crippen LogP contribution in [0.4, 0.5) is 0 Å². The summed E-state index contributed by atoms with van der Waals surface area (Å²) in [5.41, 5.74) is 3.66. The molecule has 20 heavy (non-hydrogen) atoms. The molecule has 0 saturated carbocycles. The van der Waals surface area contributed by atoms with Crippen molar-refractivity contribution in [2.45, 2.75) is 32.6 Å². The Labute approximate surface area is 123 Å². The third-order valence-corrected chi connectivity index (χ3v) is 4.74. The standard InChI is InChI=1S/C15H20N4S/c1-10-9-20-15(18-10)6-14-17-8-12-5-11(7-16-2)3-4-13(12)19-14/h8-9,11,16H,3-7H2,1-2H3. The lowest BCUT2D eigenvalue weighted by molar-refractivity contribution is 0.433. The van der Waals surface area contributed by atoms with E-state index in [0.29, 0.717) is 0 Å². The first-order chi connectivity index (χ1) is 9.74. The van der Waals surface area contributed by atoms with Crippen molar-refractivity contribution in [1.29, 1.82) is 0 Å². The average molecular weight is 288 g/mol. The summed E-state index contributed by atoms with van der Waals surface area (Å²) in [4.78, 5) is 13.8. The molecular weight excluding hydrogens is 268 g/mol. The van der Waals surface area contributed by atoms with Gasteiger partial charge in [-0.15, -0.1) is 11.3 Å². The maximum Gasteiger partial charge on any atom is 0.135 e. The zero-order chi connectivity index (χ0) is 13.9. The van der Waals surface area contributed by atoms with E-state index in [4.69, 9.17) is 4.98 Å². The molecule has 0 bridgehead atoms. The maximum absolute atomic E-state index is 4.75. The molecule has 0 saturated heterocycles. The number of rotatable bonds is 4. The number of thiazole rings is 1. The zero-order valence-electron chi connectivity index (χ0n) is 12.0. The molecule has 1 aliphatic carbocycles. The molecule has 2 heterocycles. The lowest BCUT2D eigenvalue weighted by Crippen LogP contribution is -2.25. The van der Waals surface area contributed by atoms with E-state index in [1.54, 1.807) is 11.3 Å². The number of hydrogen-bond acceptors (Lipinski definition) is 5. The Kier molecular flexibility index (Phi) is 4.08. The molecule has 1 N–H and O–H groups in total. The molecule has 0 aliphatic heterocycles. The molecule has 1 unspecified atom stereocenters. The third kappa shape index (κ3) is 3.04. The van der Waals surface area contributed by atoms with E-state index in [0.717, 1.165) is 48.3 Å². The largest absolute Gasteiger partial charge is 0.319 e. The van der Waals surface area contributed by atoms with E-state index in [2.05, 4.69) is 20.7 Å².